The fourth-order valence-electron chi connectivity index (χ4n) is 2.07. The molecule has 1 aromatic carbocycles. The molecule has 1 rings (SSSR count). The van der Waals surface area contributed by atoms with E-state index < -0.39 is 42.4 Å². The predicted molar refractivity (Wildman–Crippen MR) is 87.7 cm³/mol. The van der Waals surface area contributed by atoms with Crippen molar-refractivity contribution in [2.24, 2.45) is 5.92 Å². The van der Waals surface area contributed by atoms with E-state index in [9.17, 15) is 19.2 Å². The number of nitrogens with one attached hydrogen (secondary N) is 1. The number of methoxy groups -OCH3 is 3. The molecular formula is C17H21NO8. The third-order valence-corrected chi connectivity index (χ3v) is 3.43. The van der Waals surface area contributed by atoms with E-state index in [1.165, 1.54) is 0 Å². The first-order chi connectivity index (χ1) is 12.4. The van der Waals surface area contributed by atoms with Gasteiger partial charge < -0.3 is 24.3 Å². The second kappa shape index (κ2) is 10.7. The number of carbonyl (C=O) groups excluding carboxylic acids is 4. The maximum Gasteiger partial charge on any atom is 0.408 e. The molecule has 0 heterocycles. The second-order valence-corrected chi connectivity index (χ2v) is 5.12. The van der Waals surface area contributed by atoms with Gasteiger partial charge in [0.25, 0.3) is 0 Å². The number of alkyl carbamates (subject to hydrolysis) is 1. The van der Waals surface area contributed by atoms with Crippen molar-refractivity contribution < 1.29 is 38.1 Å². The summed E-state index contributed by atoms with van der Waals surface area (Å²) in [7, 11) is 3.29. The highest BCUT2D eigenvalue weighted by Crippen LogP contribution is 2.13. The summed E-state index contributed by atoms with van der Waals surface area (Å²) < 4.78 is 18.7. The minimum Gasteiger partial charge on any atom is -0.468 e. The van der Waals surface area contributed by atoms with Gasteiger partial charge in [-0.05, 0) is 5.56 Å². The van der Waals surface area contributed by atoms with Crippen LogP contribution < -0.4 is 5.32 Å². The lowest BCUT2D eigenvalue weighted by atomic mass is 10.00. The lowest BCUT2D eigenvalue weighted by Gasteiger charge is -2.20. The molecule has 0 saturated carbocycles. The van der Waals surface area contributed by atoms with Crippen molar-refractivity contribution in [2.75, 3.05) is 21.3 Å². The zero-order chi connectivity index (χ0) is 19.5. The zero-order valence-corrected chi connectivity index (χ0v) is 14.7. The van der Waals surface area contributed by atoms with Crippen LogP contribution in [-0.2, 0) is 39.9 Å². The van der Waals surface area contributed by atoms with Gasteiger partial charge in [-0.2, -0.15) is 0 Å². The van der Waals surface area contributed by atoms with Gasteiger partial charge in [-0.1, -0.05) is 30.3 Å². The summed E-state index contributed by atoms with van der Waals surface area (Å²) >= 11 is 0. The summed E-state index contributed by atoms with van der Waals surface area (Å²) in [6, 6.07) is 7.60. The largest absolute Gasteiger partial charge is 0.468 e. The van der Waals surface area contributed by atoms with Crippen LogP contribution >= 0.6 is 0 Å². The molecule has 0 aliphatic rings. The summed E-state index contributed by atoms with van der Waals surface area (Å²) in [5.74, 6) is -4.04. The Balaban J connectivity index is 2.75. The van der Waals surface area contributed by atoms with Crippen LogP contribution in [0.1, 0.15) is 12.0 Å². The Bertz CT molecular complexity index is 615. The van der Waals surface area contributed by atoms with E-state index in [-0.39, 0.29) is 6.61 Å². The Morgan fingerprint density at radius 1 is 0.885 bits per heavy atom. The third kappa shape index (κ3) is 6.42. The molecule has 1 amide bonds. The lowest BCUT2D eigenvalue weighted by molar-refractivity contribution is -0.160. The van der Waals surface area contributed by atoms with Gasteiger partial charge in [0.1, 0.15) is 12.6 Å². The number of hydrogen-bond donors (Lipinski definition) is 1. The number of rotatable bonds is 8. The minimum atomic E-state index is -1.40. The van der Waals surface area contributed by atoms with E-state index in [4.69, 9.17) is 4.74 Å². The van der Waals surface area contributed by atoms with E-state index >= 15 is 0 Å². The summed E-state index contributed by atoms with van der Waals surface area (Å²) in [6.45, 7) is -0.0159. The van der Waals surface area contributed by atoms with Crippen molar-refractivity contribution in [3.05, 3.63) is 35.9 Å². The van der Waals surface area contributed by atoms with Crippen molar-refractivity contribution in [3.63, 3.8) is 0 Å². The molecule has 1 N–H and O–H groups in total. The van der Waals surface area contributed by atoms with Crippen molar-refractivity contribution >= 4 is 24.0 Å². The van der Waals surface area contributed by atoms with Crippen LogP contribution in [0.25, 0.3) is 0 Å². The molecule has 142 valence electrons. The molecule has 26 heavy (non-hydrogen) atoms. The Morgan fingerprint density at radius 2 is 1.42 bits per heavy atom. The molecule has 9 heteroatoms. The minimum absolute atomic E-state index is 0.0159. The maximum absolute atomic E-state index is 11.9. The number of esters is 3. The van der Waals surface area contributed by atoms with Crippen molar-refractivity contribution in [2.45, 2.75) is 19.1 Å². The number of benzene rings is 1. The van der Waals surface area contributed by atoms with Gasteiger partial charge in [-0.15, -0.1) is 0 Å². The molecule has 0 spiro atoms. The normalized spacial score (nSPS) is 11.2. The fourth-order valence-corrected chi connectivity index (χ4v) is 2.07. The van der Waals surface area contributed by atoms with E-state index in [2.05, 4.69) is 19.5 Å². The maximum atomic E-state index is 11.9. The first-order valence-corrected chi connectivity index (χ1v) is 7.63. The van der Waals surface area contributed by atoms with Gasteiger partial charge >= 0.3 is 24.0 Å². The molecule has 0 aliphatic heterocycles. The Hall–Kier alpha value is -3.10. The van der Waals surface area contributed by atoms with E-state index in [1.807, 2.05) is 6.07 Å². The molecule has 1 atom stereocenters. The summed E-state index contributed by atoms with van der Waals surface area (Å²) in [5, 5.41) is 2.28. The van der Waals surface area contributed by atoms with Gasteiger partial charge in [0.05, 0.1) is 21.3 Å². The third-order valence-electron chi connectivity index (χ3n) is 3.43. The van der Waals surface area contributed by atoms with Crippen molar-refractivity contribution in [1.29, 1.82) is 0 Å². The van der Waals surface area contributed by atoms with Crippen LogP contribution in [0, 0.1) is 5.92 Å². The zero-order valence-electron chi connectivity index (χ0n) is 14.7. The van der Waals surface area contributed by atoms with Gasteiger partial charge in [-0.25, -0.2) is 9.59 Å². The highest BCUT2D eigenvalue weighted by molar-refractivity contribution is 5.95. The fraction of sp³-hybridized carbons (Fsp3) is 0.412. The molecule has 0 aliphatic carbocycles. The summed E-state index contributed by atoms with van der Waals surface area (Å²) in [4.78, 5) is 47.3. The molecule has 0 bridgehead atoms. The topological polar surface area (TPSA) is 117 Å². The number of hydrogen-bond acceptors (Lipinski definition) is 8. The molecule has 9 nitrogen and oxygen atoms in total. The molecular weight excluding hydrogens is 346 g/mol. The van der Waals surface area contributed by atoms with Crippen LogP contribution in [0.2, 0.25) is 0 Å². The van der Waals surface area contributed by atoms with Crippen LogP contribution in [0.4, 0.5) is 4.79 Å². The predicted octanol–water partition coefficient (Wildman–Crippen LogP) is 0.807. The highest BCUT2D eigenvalue weighted by Gasteiger charge is 2.35. The molecule has 1 aromatic rings. The Labute approximate surface area is 150 Å². The van der Waals surface area contributed by atoms with E-state index in [1.54, 1.807) is 24.3 Å². The van der Waals surface area contributed by atoms with Gasteiger partial charge in [-0.3, -0.25) is 9.59 Å². The second-order valence-electron chi connectivity index (χ2n) is 5.12. The Morgan fingerprint density at radius 3 is 1.92 bits per heavy atom. The number of amides is 1. The van der Waals surface area contributed by atoms with Crippen LogP contribution in [0.3, 0.4) is 0 Å². The quantitative estimate of drug-likeness (QED) is 0.407. The monoisotopic (exact) mass is 367 g/mol. The molecule has 0 saturated heterocycles. The van der Waals surface area contributed by atoms with Gasteiger partial charge in [0.15, 0.2) is 5.92 Å². The van der Waals surface area contributed by atoms with E-state index in [0.717, 1.165) is 26.9 Å². The number of carbonyl (C=O) groups is 4. The first kappa shape index (κ1) is 20.9. The van der Waals surface area contributed by atoms with Crippen molar-refractivity contribution in [1.82, 2.24) is 5.32 Å². The smallest absolute Gasteiger partial charge is 0.408 e. The average molecular weight is 367 g/mol. The molecule has 0 aromatic heterocycles. The average Bonchev–Trinajstić information content (AvgIpc) is 2.68. The number of ether oxygens (including phenoxy) is 4. The Kier molecular flexibility index (Phi) is 8.62. The summed E-state index contributed by atoms with van der Waals surface area (Å²) in [6.07, 6.45) is -1.30. The van der Waals surface area contributed by atoms with Crippen LogP contribution in [0.5, 0.6) is 0 Å². The first-order valence-electron chi connectivity index (χ1n) is 7.63. The summed E-state index contributed by atoms with van der Waals surface area (Å²) in [5.41, 5.74) is 0.749. The molecule has 0 fully saturated rings. The van der Waals surface area contributed by atoms with Crippen LogP contribution in [-0.4, -0.2) is 51.4 Å². The molecule has 1 unspecified atom stereocenters. The van der Waals surface area contributed by atoms with Gasteiger partial charge in [0.2, 0.25) is 0 Å². The van der Waals surface area contributed by atoms with Crippen molar-refractivity contribution in [3.8, 4) is 0 Å². The SMILES string of the molecule is COC(=O)C(CC(C(=O)OC)C(=O)OC)NC(=O)OCc1ccccc1. The lowest BCUT2D eigenvalue weighted by Crippen LogP contribution is -2.45. The van der Waals surface area contributed by atoms with Crippen LogP contribution in [0.15, 0.2) is 30.3 Å². The van der Waals surface area contributed by atoms with Gasteiger partial charge in [0, 0.05) is 6.42 Å². The highest BCUT2D eigenvalue weighted by atomic mass is 16.6. The molecule has 0 radical (unpaired) electrons. The van der Waals surface area contributed by atoms with E-state index in [0.29, 0.717) is 0 Å². The standard InChI is InChI=1S/C17H21NO8/c1-23-14(19)12(15(20)24-2)9-13(16(21)25-3)18-17(22)26-10-11-7-5-4-6-8-11/h4-8,12-13H,9-10H2,1-3H3,(H,18,22).